The fourth-order valence-corrected chi connectivity index (χ4v) is 5.65. The highest BCUT2D eigenvalue weighted by molar-refractivity contribution is 5.94. The molecular weight excluding hydrogens is 499 g/mol. The minimum absolute atomic E-state index is 0.0552. The van der Waals surface area contributed by atoms with E-state index in [1.165, 1.54) is 6.20 Å². The summed E-state index contributed by atoms with van der Waals surface area (Å²) in [5, 5.41) is 7.82. The van der Waals surface area contributed by atoms with Gasteiger partial charge in [-0.05, 0) is 45.2 Å². The van der Waals surface area contributed by atoms with Gasteiger partial charge in [-0.2, -0.15) is 13.2 Å². The molecule has 2 fully saturated rings. The molecule has 2 aliphatic rings. The summed E-state index contributed by atoms with van der Waals surface area (Å²) in [7, 11) is 1.71. The van der Waals surface area contributed by atoms with Crippen molar-refractivity contribution < 1.29 is 22.4 Å². The van der Waals surface area contributed by atoms with Gasteiger partial charge in [0, 0.05) is 55.6 Å². The molecule has 38 heavy (non-hydrogen) atoms. The number of likely N-dealkylation sites (tertiary alicyclic amines) is 1. The van der Waals surface area contributed by atoms with Gasteiger partial charge in [0.25, 0.3) is 0 Å². The van der Waals surface area contributed by atoms with Gasteiger partial charge in [-0.3, -0.25) is 4.90 Å². The molecule has 12 heteroatoms. The number of H-pyrrole nitrogens is 1. The topological polar surface area (TPSA) is 105 Å². The van der Waals surface area contributed by atoms with E-state index < -0.39 is 11.7 Å². The zero-order valence-corrected chi connectivity index (χ0v) is 21.3. The van der Waals surface area contributed by atoms with Gasteiger partial charge in [-0.15, -0.1) is 0 Å². The second-order valence-corrected chi connectivity index (χ2v) is 10.0. The predicted molar refractivity (Wildman–Crippen MR) is 135 cm³/mol. The Morgan fingerprint density at radius 1 is 1.16 bits per heavy atom. The van der Waals surface area contributed by atoms with E-state index in [2.05, 4.69) is 35.3 Å². The number of halogens is 3. The lowest BCUT2D eigenvalue weighted by molar-refractivity contribution is -0.137. The summed E-state index contributed by atoms with van der Waals surface area (Å²) in [6, 6.07) is 3.83. The first kappa shape index (κ1) is 24.8. The van der Waals surface area contributed by atoms with Crippen molar-refractivity contribution in [2.75, 3.05) is 25.5 Å². The highest BCUT2D eigenvalue weighted by atomic mass is 19.4. The number of rotatable bonds is 6. The second kappa shape index (κ2) is 9.35. The number of aromatic amines is 1. The van der Waals surface area contributed by atoms with Crippen molar-refractivity contribution in [1.29, 1.82) is 0 Å². The Hall–Kier alpha value is -3.51. The molecule has 0 radical (unpaired) electrons. The highest BCUT2D eigenvalue weighted by Gasteiger charge is 2.40. The number of aromatic nitrogens is 5. The van der Waals surface area contributed by atoms with Crippen molar-refractivity contribution in [3.63, 3.8) is 0 Å². The van der Waals surface area contributed by atoms with Crippen LogP contribution < -0.4 is 5.32 Å². The van der Waals surface area contributed by atoms with E-state index in [0.717, 1.165) is 44.1 Å². The highest BCUT2D eigenvalue weighted by Crippen LogP contribution is 2.39. The lowest BCUT2D eigenvalue weighted by Crippen LogP contribution is -2.59. The smallest absolute Gasteiger partial charge is 0.379 e. The molecule has 1 saturated heterocycles. The minimum atomic E-state index is -4.62. The number of pyridine rings is 1. The average Bonchev–Trinajstić information content (AvgIpc) is 3.56. The number of aryl methyl sites for hydroxylation is 2. The summed E-state index contributed by atoms with van der Waals surface area (Å²) in [5.74, 6) is 0.802. The first-order valence-electron chi connectivity index (χ1n) is 12.6. The minimum Gasteiger partial charge on any atom is -0.379 e. The van der Waals surface area contributed by atoms with E-state index in [0.29, 0.717) is 33.7 Å². The maximum absolute atomic E-state index is 14.0. The van der Waals surface area contributed by atoms with Crippen LogP contribution in [0, 0.1) is 13.8 Å². The second-order valence-electron chi connectivity index (χ2n) is 10.0. The van der Waals surface area contributed by atoms with Crippen molar-refractivity contribution in [3.8, 4) is 22.5 Å². The number of ether oxygens (including phenoxy) is 1. The van der Waals surface area contributed by atoms with Gasteiger partial charge in [-0.1, -0.05) is 5.16 Å². The number of alkyl halides is 3. The molecule has 2 N–H and O–H groups in total. The lowest BCUT2D eigenvalue weighted by Gasteiger charge is -2.44. The third-order valence-corrected chi connectivity index (χ3v) is 7.65. The van der Waals surface area contributed by atoms with Crippen molar-refractivity contribution in [2.45, 2.75) is 57.5 Å². The molecule has 4 aromatic rings. The van der Waals surface area contributed by atoms with Crippen LogP contribution in [-0.4, -0.2) is 68.4 Å². The average molecular weight is 528 g/mol. The normalized spacial score (nSPS) is 20.8. The fraction of sp³-hybridized carbons (Fsp3) is 0.462. The third kappa shape index (κ3) is 4.31. The molecule has 9 nitrogen and oxygen atoms in total. The molecule has 1 aliphatic carbocycles. The molecule has 0 aromatic carbocycles. The largest absolute Gasteiger partial charge is 0.419 e. The van der Waals surface area contributed by atoms with Crippen molar-refractivity contribution in [3.05, 3.63) is 41.5 Å². The number of fused-ring (bicyclic) bond motifs is 1. The van der Waals surface area contributed by atoms with E-state index in [4.69, 9.17) is 9.26 Å². The third-order valence-electron chi connectivity index (χ3n) is 7.65. The summed E-state index contributed by atoms with van der Waals surface area (Å²) in [6.45, 7) is 5.32. The Morgan fingerprint density at radius 2 is 1.97 bits per heavy atom. The van der Waals surface area contributed by atoms with Gasteiger partial charge in [0.05, 0.1) is 28.7 Å². The molecule has 2 atom stereocenters. The maximum atomic E-state index is 14.0. The monoisotopic (exact) mass is 527 g/mol. The van der Waals surface area contributed by atoms with E-state index in [-0.39, 0.29) is 29.8 Å². The molecule has 4 aromatic heterocycles. The summed E-state index contributed by atoms with van der Waals surface area (Å²) in [6.07, 6.45) is 0.945. The quantitative estimate of drug-likeness (QED) is 0.362. The van der Waals surface area contributed by atoms with Gasteiger partial charge in [0.2, 0.25) is 5.95 Å². The van der Waals surface area contributed by atoms with E-state index in [1.54, 1.807) is 26.2 Å². The summed E-state index contributed by atoms with van der Waals surface area (Å²) in [5.41, 5.74) is 1.74. The van der Waals surface area contributed by atoms with E-state index in [9.17, 15) is 13.2 Å². The van der Waals surface area contributed by atoms with Crippen LogP contribution in [-0.2, 0) is 10.9 Å². The molecule has 0 amide bonds. The van der Waals surface area contributed by atoms with Gasteiger partial charge >= 0.3 is 6.18 Å². The number of hydrogen-bond acceptors (Lipinski definition) is 8. The van der Waals surface area contributed by atoms with Gasteiger partial charge in [0.15, 0.2) is 0 Å². The number of nitrogens with one attached hydrogen (secondary N) is 2. The van der Waals surface area contributed by atoms with Crippen molar-refractivity contribution >= 4 is 17.0 Å². The lowest BCUT2D eigenvalue weighted by atomic mass is 10.0. The van der Waals surface area contributed by atoms with Crippen LogP contribution in [0.15, 0.2) is 29.0 Å². The summed E-state index contributed by atoms with van der Waals surface area (Å²) >= 11 is 0. The molecule has 6 rings (SSSR count). The van der Waals surface area contributed by atoms with Crippen molar-refractivity contribution in [1.82, 2.24) is 30.0 Å². The molecule has 200 valence electrons. The van der Waals surface area contributed by atoms with E-state index >= 15 is 0 Å². The Morgan fingerprint density at radius 3 is 2.68 bits per heavy atom. The first-order chi connectivity index (χ1) is 18.2. The molecule has 5 heterocycles. The Bertz CT molecular complexity index is 1460. The van der Waals surface area contributed by atoms with Crippen LogP contribution >= 0.6 is 0 Å². The standard InChI is InChI=1S/C26H28F3N7O2/c1-13-22(14(2)38-35-13)20-8-7-16-17(9-30-24(16)32-20)23-18(26(27,28)29)10-31-25(34-23)33-19-5-4-6-21(19)36-11-15(12-36)37-3/h7-10,15,19,21H,4-6,11-12H2,1-3H3,(H,30,32)(H,31,33,34)/t19-,21+/m0/s1. The van der Waals surface area contributed by atoms with Crippen LogP contribution in [0.1, 0.15) is 36.3 Å². The van der Waals surface area contributed by atoms with Crippen LogP contribution in [0.4, 0.5) is 19.1 Å². The Kier molecular flexibility index (Phi) is 6.10. The molecule has 1 aliphatic heterocycles. The molecule has 0 bridgehead atoms. The van der Waals surface area contributed by atoms with Crippen LogP contribution in [0.5, 0.6) is 0 Å². The van der Waals surface area contributed by atoms with Gasteiger partial charge < -0.3 is 19.6 Å². The number of hydrogen-bond donors (Lipinski definition) is 2. The van der Waals surface area contributed by atoms with Crippen LogP contribution in [0.3, 0.4) is 0 Å². The van der Waals surface area contributed by atoms with Gasteiger partial charge in [-0.25, -0.2) is 15.0 Å². The molecular formula is C26H28F3N7O2. The molecule has 0 unspecified atom stereocenters. The van der Waals surface area contributed by atoms with Gasteiger partial charge in [0.1, 0.15) is 17.0 Å². The fourth-order valence-electron chi connectivity index (χ4n) is 5.65. The van der Waals surface area contributed by atoms with Crippen LogP contribution in [0.25, 0.3) is 33.5 Å². The van der Waals surface area contributed by atoms with Crippen LogP contribution in [0.2, 0.25) is 0 Å². The summed E-state index contributed by atoms with van der Waals surface area (Å²) < 4.78 is 52.8. The number of methoxy groups -OCH3 is 1. The zero-order valence-electron chi connectivity index (χ0n) is 21.3. The van der Waals surface area contributed by atoms with Crippen molar-refractivity contribution in [2.24, 2.45) is 0 Å². The van der Waals surface area contributed by atoms with E-state index in [1.807, 2.05) is 6.92 Å². The SMILES string of the molecule is COC1CN([C@@H]2CCC[C@@H]2Nc2ncc(C(F)(F)F)c(-c3c[nH]c4nc(-c5c(C)noc5C)ccc34)n2)C1. The number of anilines is 1. The number of nitrogens with zero attached hydrogens (tertiary/aromatic N) is 5. The zero-order chi connectivity index (χ0) is 26.6. The first-order valence-corrected chi connectivity index (χ1v) is 12.6. The Labute approximate surface area is 216 Å². The molecule has 0 spiro atoms. The maximum Gasteiger partial charge on any atom is 0.419 e. The Balaban J connectivity index is 1.34. The summed E-state index contributed by atoms with van der Waals surface area (Å²) in [4.78, 5) is 18.5. The predicted octanol–water partition coefficient (Wildman–Crippen LogP) is 4.97. The molecule has 1 saturated carbocycles.